The van der Waals surface area contributed by atoms with Gasteiger partial charge in [0.05, 0.1) is 10.6 Å². The zero-order valence-electron chi connectivity index (χ0n) is 15.1. The second-order valence-corrected chi connectivity index (χ2v) is 5.44. The van der Waals surface area contributed by atoms with Crippen molar-refractivity contribution in [1.82, 2.24) is 15.8 Å². The highest BCUT2D eigenvalue weighted by atomic mass is 127. The van der Waals surface area contributed by atoms with E-state index in [2.05, 4.69) is 20.8 Å². The first-order chi connectivity index (χ1) is 12.1. The number of hydrogen-bond donors (Lipinski definition) is 2. The van der Waals surface area contributed by atoms with E-state index in [0.717, 1.165) is 35.4 Å². The molecule has 1 aromatic heterocycles. The summed E-state index contributed by atoms with van der Waals surface area (Å²) in [6.07, 6.45) is 1.61. The molecule has 8 nitrogen and oxygen atoms in total. The highest BCUT2D eigenvalue weighted by molar-refractivity contribution is 14.0. The van der Waals surface area contributed by atoms with Gasteiger partial charge in [0.15, 0.2) is 5.96 Å². The highest BCUT2D eigenvalue weighted by Gasteiger charge is 2.13. The molecule has 0 aliphatic heterocycles. The van der Waals surface area contributed by atoms with E-state index < -0.39 is 4.92 Å². The van der Waals surface area contributed by atoms with Crippen LogP contribution in [0.25, 0.3) is 0 Å². The minimum absolute atomic E-state index is 0. The number of nitrogens with one attached hydrogen (secondary N) is 2. The maximum atomic E-state index is 10.7. The molecule has 142 valence electrons. The first kappa shape index (κ1) is 21.9. The normalized spacial score (nSPS) is 11.0. The van der Waals surface area contributed by atoms with Gasteiger partial charge in [-0.25, -0.2) is 0 Å². The lowest BCUT2D eigenvalue weighted by Crippen LogP contribution is -2.36. The Labute approximate surface area is 169 Å². The van der Waals surface area contributed by atoms with Crippen molar-refractivity contribution < 1.29 is 9.45 Å². The number of nitrogens with zero attached hydrogens (tertiary/aromatic N) is 3. The monoisotopic (exact) mass is 473 g/mol. The topological polar surface area (TPSA) is 106 Å². The Morgan fingerprint density at radius 1 is 1.19 bits per heavy atom. The SMILES string of the molecule is CCc1noc(CC)c1CNC(=NC)NCc1ccc([N+](=O)[O-])cc1.I. The average Bonchev–Trinajstić information content (AvgIpc) is 3.04. The Hall–Kier alpha value is -2.17. The fourth-order valence-electron chi connectivity index (χ4n) is 2.45. The van der Waals surface area contributed by atoms with Crippen molar-refractivity contribution in [2.24, 2.45) is 4.99 Å². The van der Waals surface area contributed by atoms with Crippen LogP contribution in [0.4, 0.5) is 5.69 Å². The van der Waals surface area contributed by atoms with E-state index in [1.165, 1.54) is 12.1 Å². The number of aryl methyl sites for hydroxylation is 2. The summed E-state index contributed by atoms with van der Waals surface area (Å²) in [6, 6.07) is 6.43. The standard InChI is InChI=1S/C17H23N5O3.HI/c1-4-15-14(16(5-2)25-21-15)11-20-17(18-3)19-10-12-6-8-13(9-7-12)22(23)24;/h6-9H,4-5,10-11H2,1-3H3,(H2,18,19,20);1H. The summed E-state index contributed by atoms with van der Waals surface area (Å²) in [4.78, 5) is 14.5. The molecule has 0 saturated heterocycles. The summed E-state index contributed by atoms with van der Waals surface area (Å²) >= 11 is 0. The van der Waals surface area contributed by atoms with Crippen LogP contribution in [0, 0.1) is 10.1 Å². The zero-order chi connectivity index (χ0) is 18.2. The molecule has 0 spiro atoms. The third-order valence-electron chi connectivity index (χ3n) is 3.87. The number of aromatic nitrogens is 1. The Morgan fingerprint density at radius 2 is 1.85 bits per heavy atom. The summed E-state index contributed by atoms with van der Waals surface area (Å²) in [6.45, 7) is 5.17. The largest absolute Gasteiger partial charge is 0.361 e. The van der Waals surface area contributed by atoms with Crippen LogP contribution in [0.2, 0.25) is 0 Å². The van der Waals surface area contributed by atoms with Crippen molar-refractivity contribution >= 4 is 35.6 Å². The van der Waals surface area contributed by atoms with E-state index in [0.29, 0.717) is 19.0 Å². The van der Waals surface area contributed by atoms with Gasteiger partial charge in [0.2, 0.25) is 0 Å². The maximum absolute atomic E-state index is 10.7. The molecule has 0 aliphatic carbocycles. The van der Waals surface area contributed by atoms with Gasteiger partial charge in [-0.2, -0.15) is 0 Å². The molecular formula is C17H24IN5O3. The second kappa shape index (κ2) is 10.7. The molecule has 2 N–H and O–H groups in total. The van der Waals surface area contributed by atoms with Crippen LogP contribution in [0.1, 0.15) is 36.4 Å². The Morgan fingerprint density at radius 3 is 2.38 bits per heavy atom. The van der Waals surface area contributed by atoms with Gasteiger partial charge in [-0.3, -0.25) is 15.1 Å². The van der Waals surface area contributed by atoms with Crippen molar-refractivity contribution in [2.45, 2.75) is 39.8 Å². The lowest BCUT2D eigenvalue weighted by molar-refractivity contribution is -0.384. The van der Waals surface area contributed by atoms with Gasteiger partial charge in [-0.1, -0.05) is 31.1 Å². The molecule has 0 saturated carbocycles. The van der Waals surface area contributed by atoms with Gasteiger partial charge in [-0.05, 0) is 12.0 Å². The van der Waals surface area contributed by atoms with Crippen LogP contribution in [0.15, 0.2) is 33.8 Å². The van der Waals surface area contributed by atoms with E-state index in [9.17, 15) is 10.1 Å². The maximum Gasteiger partial charge on any atom is 0.269 e. The number of benzene rings is 1. The van der Waals surface area contributed by atoms with Gasteiger partial charge in [0, 0.05) is 44.3 Å². The van der Waals surface area contributed by atoms with E-state index in [1.807, 2.05) is 13.8 Å². The summed E-state index contributed by atoms with van der Waals surface area (Å²) < 4.78 is 5.36. The molecule has 9 heteroatoms. The van der Waals surface area contributed by atoms with Gasteiger partial charge < -0.3 is 15.2 Å². The molecule has 2 rings (SSSR count). The fraction of sp³-hybridized carbons (Fsp3) is 0.412. The molecule has 26 heavy (non-hydrogen) atoms. The Balaban J connectivity index is 0.00000338. The van der Waals surface area contributed by atoms with Crippen molar-refractivity contribution in [1.29, 1.82) is 0 Å². The lowest BCUT2D eigenvalue weighted by atomic mass is 10.1. The fourth-order valence-corrected chi connectivity index (χ4v) is 2.45. The third kappa shape index (κ3) is 5.68. The molecule has 0 radical (unpaired) electrons. The molecule has 0 aliphatic rings. The smallest absolute Gasteiger partial charge is 0.269 e. The number of hydrogen-bond acceptors (Lipinski definition) is 5. The predicted molar refractivity (Wildman–Crippen MR) is 111 cm³/mol. The first-order valence-electron chi connectivity index (χ1n) is 8.23. The van der Waals surface area contributed by atoms with Gasteiger partial charge in [-0.15, -0.1) is 24.0 Å². The average molecular weight is 473 g/mol. The van der Waals surface area contributed by atoms with E-state index in [-0.39, 0.29) is 29.7 Å². The van der Waals surface area contributed by atoms with Crippen LogP contribution in [0.5, 0.6) is 0 Å². The van der Waals surface area contributed by atoms with Crippen molar-refractivity contribution in [3.63, 3.8) is 0 Å². The summed E-state index contributed by atoms with van der Waals surface area (Å²) in [5, 5.41) is 21.2. The number of nitro groups is 1. The summed E-state index contributed by atoms with van der Waals surface area (Å²) in [7, 11) is 1.69. The second-order valence-electron chi connectivity index (χ2n) is 5.44. The minimum Gasteiger partial charge on any atom is -0.361 e. The van der Waals surface area contributed by atoms with E-state index in [4.69, 9.17) is 4.52 Å². The number of rotatable bonds is 7. The van der Waals surface area contributed by atoms with E-state index in [1.54, 1.807) is 19.2 Å². The number of non-ortho nitro benzene ring substituents is 1. The van der Waals surface area contributed by atoms with Crippen molar-refractivity contribution in [3.05, 3.63) is 57.0 Å². The molecule has 1 heterocycles. The number of halogens is 1. The summed E-state index contributed by atoms with van der Waals surface area (Å²) in [5.41, 5.74) is 3.04. The number of guanidine groups is 1. The quantitative estimate of drug-likeness (QED) is 0.210. The molecule has 0 bridgehead atoms. The molecule has 1 aromatic carbocycles. The van der Waals surface area contributed by atoms with Gasteiger partial charge in [0.25, 0.3) is 5.69 Å². The molecular weight excluding hydrogens is 449 g/mol. The molecule has 0 unspecified atom stereocenters. The number of nitro benzene ring substituents is 1. The number of aliphatic imine (C=N–C) groups is 1. The van der Waals surface area contributed by atoms with Gasteiger partial charge in [0.1, 0.15) is 5.76 Å². The minimum atomic E-state index is -0.409. The molecule has 0 atom stereocenters. The van der Waals surface area contributed by atoms with Crippen molar-refractivity contribution in [3.8, 4) is 0 Å². The van der Waals surface area contributed by atoms with Crippen LogP contribution in [-0.2, 0) is 25.9 Å². The zero-order valence-corrected chi connectivity index (χ0v) is 17.4. The molecule has 0 amide bonds. The summed E-state index contributed by atoms with van der Waals surface area (Å²) in [5.74, 6) is 1.53. The van der Waals surface area contributed by atoms with Crippen LogP contribution in [-0.4, -0.2) is 23.1 Å². The van der Waals surface area contributed by atoms with Gasteiger partial charge >= 0.3 is 0 Å². The molecule has 0 fully saturated rings. The first-order valence-corrected chi connectivity index (χ1v) is 8.23. The lowest BCUT2D eigenvalue weighted by Gasteiger charge is -2.12. The third-order valence-corrected chi connectivity index (χ3v) is 3.87. The van der Waals surface area contributed by atoms with Crippen LogP contribution >= 0.6 is 24.0 Å². The highest BCUT2D eigenvalue weighted by Crippen LogP contribution is 2.15. The van der Waals surface area contributed by atoms with Crippen molar-refractivity contribution in [2.75, 3.05) is 7.05 Å². The Kier molecular flexibility index (Phi) is 9.03. The van der Waals surface area contributed by atoms with E-state index >= 15 is 0 Å². The van der Waals surface area contributed by atoms with Crippen LogP contribution in [0.3, 0.4) is 0 Å². The molecule has 2 aromatic rings. The van der Waals surface area contributed by atoms with Crippen LogP contribution < -0.4 is 10.6 Å². The Bertz CT molecular complexity index is 722. The predicted octanol–water partition coefficient (Wildman–Crippen LogP) is 3.19.